The van der Waals surface area contributed by atoms with Crippen LogP contribution in [0.1, 0.15) is 40.0 Å². The molecule has 146 valence electrons. The Kier molecular flexibility index (Phi) is 22.8. The molecule has 24 heavy (non-hydrogen) atoms. The van der Waals surface area contributed by atoms with E-state index in [0.717, 1.165) is 64.7 Å². The highest BCUT2D eigenvalue weighted by Gasteiger charge is 1.97. The predicted molar refractivity (Wildman–Crippen MR) is 112 cm³/mol. The first-order valence-corrected chi connectivity index (χ1v) is 8.87. The lowest BCUT2D eigenvalue weighted by molar-refractivity contribution is 0.0689. The highest BCUT2D eigenvalue weighted by molar-refractivity contribution is 14.0. The second kappa shape index (κ2) is 20.9. The van der Waals surface area contributed by atoms with Crippen molar-refractivity contribution >= 4 is 29.9 Å². The number of nitrogens with one attached hydrogen (secondary N) is 2. The molecule has 0 aliphatic rings. The van der Waals surface area contributed by atoms with Crippen molar-refractivity contribution in [2.75, 3.05) is 59.8 Å². The summed E-state index contributed by atoms with van der Waals surface area (Å²) < 4.78 is 15.9. The Hall–Kier alpha value is -0.120. The molecule has 2 N–H and O–H groups in total. The molecule has 0 unspecified atom stereocenters. The molecule has 0 rings (SSSR count). The number of rotatable bonds is 15. The van der Waals surface area contributed by atoms with Crippen molar-refractivity contribution in [1.82, 2.24) is 10.6 Å². The van der Waals surface area contributed by atoms with Gasteiger partial charge in [0.15, 0.2) is 5.96 Å². The highest BCUT2D eigenvalue weighted by Crippen LogP contribution is 1.94. The van der Waals surface area contributed by atoms with Crippen LogP contribution in [0.2, 0.25) is 0 Å². The van der Waals surface area contributed by atoms with Gasteiger partial charge in [-0.25, -0.2) is 0 Å². The summed E-state index contributed by atoms with van der Waals surface area (Å²) in [4.78, 5) is 4.56. The average Bonchev–Trinajstić information content (AvgIpc) is 2.52. The molecule has 0 aliphatic carbocycles. The maximum atomic E-state index is 5.56. The van der Waals surface area contributed by atoms with Crippen LogP contribution in [0.5, 0.6) is 0 Å². The standard InChI is InChI=1S/C17H37N3O3.HI/c1-5-18-17(20-10-8-12-23-15-16(2)3)19-9-6-7-11-22-14-13-21-4;/h16H,5-15H2,1-4H3,(H2,18,19,20);1H. The summed E-state index contributed by atoms with van der Waals surface area (Å²) in [5, 5.41) is 6.61. The molecule has 0 bridgehead atoms. The first-order chi connectivity index (χ1) is 11.2. The van der Waals surface area contributed by atoms with Crippen LogP contribution >= 0.6 is 24.0 Å². The van der Waals surface area contributed by atoms with Gasteiger partial charge in [-0.2, -0.15) is 0 Å². The number of halogens is 1. The summed E-state index contributed by atoms with van der Waals surface area (Å²) in [5.74, 6) is 1.48. The average molecular weight is 459 g/mol. The highest BCUT2D eigenvalue weighted by atomic mass is 127. The predicted octanol–water partition coefficient (Wildman–Crippen LogP) is 2.67. The van der Waals surface area contributed by atoms with E-state index < -0.39 is 0 Å². The van der Waals surface area contributed by atoms with Gasteiger partial charge in [0, 0.05) is 46.6 Å². The Labute approximate surface area is 165 Å². The molecule has 7 heteroatoms. The van der Waals surface area contributed by atoms with Crippen LogP contribution in [0.15, 0.2) is 4.99 Å². The summed E-state index contributed by atoms with van der Waals surface area (Å²) in [7, 11) is 1.69. The topological polar surface area (TPSA) is 64.1 Å². The van der Waals surface area contributed by atoms with Crippen molar-refractivity contribution in [2.45, 2.75) is 40.0 Å². The summed E-state index contributed by atoms with van der Waals surface area (Å²) >= 11 is 0. The molecule has 0 aromatic heterocycles. The largest absolute Gasteiger partial charge is 0.382 e. The number of aliphatic imine (C=N–C) groups is 1. The minimum atomic E-state index is 0. The smallest absolute Gasteiger partial charge is 0.191 e. The number of methoxy groups -OCH3 is 1. The third-order valence-corrected chi connectivity index (χ3v) is 2.95. The van der Waals surface area contributed by atoms with Crippen LogP contribution in [0, 0.1) is 5.92 Å². The fourth-order valence-electron chi connectivity index (χ4n) is 1.80. The summed E-state index contributed by atoms with van der Waals surface area (Å²) in [6.45, 7) is 12.7. The molecule has 0 saturated carbocycles. The van der Waals surface area contributed by atoms with Crippen LogP contribution in [0.4, 0.5) is 0 Å². The molecule has 0 radical (unpaired) electrons. The van der Waals surface area contributed by atoms with E-state index in [1.54, 1.807) is 7.11 Å². The van der Waals surface area contributed by atoms with Gasteiger partial charge in [-0.3, -0.25) is 4.99 Å². The van der Waals surface area contributed by atoms with Crippen LogP contribution < -0.4 is 10.6 Å². The number of guanidine groups is 1. The molecular formula is C17H38IN3O3. The summed E-state index contributed by atoms with van der Waals surface area (Å²) in [5.41, 5.74) is 0. The third-order valence-electron chi connectivity index (χ3n) is 2.95. The van der Waals surface area contributed by atoms with Gasteiger partial charge in [0.1, 0.15) is 0 Å². The van der Waals surface area contributed by atoms with Crippen molar-refractivity contribution < 1.29 is 14.2 Å². The molecule has 0 aromatic rings. The van der Waals surface area contributed by atoms with Crippen molar-refractivity contribution in [3.8, 4) is 0 Å². The zero-order chi connectivity index (χ0) is 17.2. The molecule has 0 spiro atoms. The fraction of sp³-hybridized carbons (Fsp3) is 0.941. The number of hydrogen-bond donors (Lipinski definition) is 2. The second-order valence-corrected chi connectivity index (χ2v) is 5.82. The van der Waals surface area contributed by atoms with Crippen molar-refractivity contribution in [3.05, 3.63) is 0 Å². The van der Waals surface area contributed by atoms with Gasteiger partial charge in [-0.1, -0.05) is 13.8 Å². The normalized spacial score (nSPS) is 11.5. The summed E-state index contributed by atoms with van der Waals surface area (Å²) in [6, 6.07) is 0. The van der Waals surface area contributed by atoms with Gasteiger partial charge < -0.3 is 24.8 Å². The van der Waals surface area contributed by atoms with Gasteiger partial charge in [-0.15, -0.1) is 24.0 Å². The molecule has 0 amide bonds. The molecule has 0 fully saturated rings. The Bertz CT molecular complexity index is 280. The van der Waals surface area contributed by atoms with E-state index in [4.69, 9.17) is 14.2 Å². The third kappa shape index (κ3) is 19.9. The van der Waals surface area contributed by atoms with Gasteiger partial charge in [0.2, 0.25) is 0 Å². The molecule has 0 heterocycles. The van der Waals surface area contributed by atoms with E-state index >= 15 is 0 Å². The Morgan fingerprint density at radius 3 is 2.38 bits per heavy atom. The van der Waals surface area contributed by atoms with E-state index in [1.165, 1.54) is 0 Å². The monoisotopic (exact) mass is 459 g/mol. The van der Waals surface area contributed by atoms with Crippen molar-refractivity contribution in [2.24, 2.45) is 10.9 Å². The van der Waals surface area contributed by atoms with Crippen LogP contribution in [0.25, 0.3) is 0 Å². The maximum Gasteiger partial charge on any atom is 0.191 e. The molecule has 0 saturated heterocycles. The van der Waals surface area contributed by atoms with Gasteiger partial charge in [0.25, 0.3) is 0 Å². The van der Waals surface area contributed by atoms with E-state index in [9.17, 15) is 0 Å². The van der Waals surface area contributed by atoms with E-state index in [0.29, 0.717) is 19.1 Å². The first-order valence-electron chi connectivity index (χ1n) is 8.87. The second-order valence-electron chi connectivity index (χ2n) is 5.82. The number of unbranched alkanes of at least 4 members (excludes halogenated alkanes) is 1. The molecular weight excluding hydrogens is 421 g/mol. The molecule has 0 aliphatic heterocycles. The van der Waals surface area contributed by atoms with E-state index in [-0.39, 0.29) is 24.0 Å². The lowest BCUT2D eigenvalue weighted by Crippen LogP contribution is -2.38. The van der Waals surface area contributed by atoms with Crippen molar-refractivity contribution in [1.29, 1.82) is 0 Å². The Balaban J connectivity index is 0. The van der Waals surface area contributed by atoms with E-state index in [1.807, 2.05) is 0 Å². The number of hydrogen-bond acceptors (Lipinski definition) is 4. The van der Waals surface area contributed by atoms with Gasteiger partial charge >= 0.3 is 0 Å². The maximum absolute atomic E-state index is 5.56. The van der Waals surface area contributed by atoms with Crippen LogP contribution in [-0.4, -0.2) is 65.7 Å². The van der Waals surface area contributed by atoms with Gasteiger partial charge in [-0.05, 0) is 32.1 Å². The lowest BCUT2D eigenvalue weighted by atomic mass is 10.2. The minimum Gasteiger partial charge on any atom is -0.382 e. The quantitative estimate of drug-likeness (QED) is 0.171. The zero-order valence-electron chi connectivity index (χ0n) is 15.9. The molecule has 0 aromatic carbocycles. The summed E-state index contributed by atoms with van der Waals surface area (Å²) in [6.07, 6.45) is 3.06. The zero-order valence-corrected chi connectivity index (χ0v) is 18.3. The fourth-order valence-corrected chi connectivity index (χ4v) is 1.80. The van der Waals surface area contributed by atoms with Crippen LogP contribution in [0.3, 0.4) is 0 Å². The van der Waals surface area contributed by atoms with Crippen molar-refractivity contribution in [3.63, 3.8) is 0 Å². The SMILES string of the molecule is CCNC(=NCCCOCC(C)C)NCCCCOCCOC.I. The lowest BCUT2D eigenvalue weighted by Gasteiger charge is -2.11. The Morgan fingerprint density at radius 2 is 1.71 bits per heavy atom. The molecule has 6 nitrogen and oxygen atoms in total. The molecule has 0 atom stereocenters. The van der Waals surface area contributed by atoms with Gasteiger partial charge in [0.05, 0.1) is 13.2 Å². The number of ether oxygens (including phenoxy) is 3. The first kappa shape index (κ1) is 26.1. The number of nitrogens with zero attached hydrogens (tertiary/aromatic N) is 1. The minimum absolute atomic E-state index is 0. The van der Waals surface area contributed by atoms with E-state index in [2.05, 4.69) is 36.4 Å². The van der Waals surface area contributed by atoms with Crippen LogP contribution in [-0.2, 0) is 14.2 Å². The Morgan fingerprint density at radius 1 is 0.958 bits per heavy atom.